The van der Waals surface area contributed by atoms with Crippen LogP contribution in [0, 0.1) is 11.9 Å². The fraction of sp³-hybridized carbons (Fsp3) is 0. The Morgan fingerprint density at radius 3 is 2.33 bits per heavy atom. The van der Waals surface area contributed by atoms with Crippen molar-refractivity contribution in [3.05, 3.63) is 24.0 Å². The van der Waals surface area contributed by atoms with E-state index in [9.17, 15) is 13.6 Å². The minimum absolute atomic E-state index is 0.0625. The summed E-state index contributed by atoms with van der Waals surface area (Å²) in [6, 6.07) is 0.821. The number of hydrogen-bond donors (Lipinski definition) is 2. The van der Waals surface area contributed by atoms with Gasteiger partial charge in [-0.1, -0.05) is 0 Å². The molecule has 1 aromatic rings. The molecule has 4 nitrogen and oxygen atoms in total. The number of nitrogens with two attached hydrogens (primary N) is 1. The molecule has 3 N–H and O–H groups in total. The van der Waals surface area contributed by atoms with E-state index in [-0.39, 0.29) is 5.69 Å². The molecule has 2 amide bonds. The van der Waals surface area contributed by atoms with Crippen LogP contribution in [-0.4, -0.2) is 11.0 Å². The lowest BCUT2D eigenvalue weighted by Gasteiger charge is -2.00. The molecule has 0 aromatic carbocycles. The van der Waals surface area contributed by atoms with Gasteiger partial charge in [0.1, 0.15) is 0 Å². The van der Waals surface area contributed by atoms with Crippen LogP contribution in [0.25, 0.3) is 0 Å². The van der Waals surface area contributed by atoms with Crippen molar-refractivity contribution in [1.82, 2.24) is 4.98 Å². The van der Waals surface area contributed by atoms with E-state index in [0.29, 0.717) is 0 Å². The monoisotopic (exact) mass is 173 g/mol. The standard InChI is InChI=1S/C6H5F2N3O/c7-4-1-3(10-6(9)12)2-5(8)11-4/h1-2H,(H3,9,10,11,12). The number of halogens is 2. The second-order valence-corrected chi connectivity index (χ2v) is 1.99. The van der Waals surface area contributed by atoms with Gasteiger partial charge in [-0.2, -0.15) is 13.8 Å². The van der Waals surface area contributed by atoms with Gasteiger partial charge in [-0.15, -0.1) is 0 Å². The minimum Gasteiger partial charge on any atom is -0.351 e. The lowest BCUT2D eigenvalue weighted by molar-refractivity contribution is 0.259. The Labute approximate surface area is 66.4 Å². The molecule has 12 heavy (non-hydrogen) atoms. The van der Waals surface area contributed by atoms with Crippen molar-refractivity contribution in [2.45, 2.75) is 0 Å². The van der Waals surface area contributed by atoms with E-state index in [2.05, 4.69) is 4.98 Å². The molecule has 0 fully saturated rings. The quantitative estimate of drug-likeness (QED) is 0.618. The molecule has 1 heterocycles. The third-order valence-corrected chi connectivity index (χ3v) is 1.03. The second-order valence-electron chi connectivity index (χ2n) is 1.99. The Morgan fingerprint density at radius 2 is 1.92 bits per heavy atom. The number of amides is 2. The van der Waals surface area contributed by atoms with E-state index < -0.39 is 17.9 Å². The van der Waals surface area contributed by atoms with Gasteiger partial charge in [-0.05, 0) is 0 Å². The van der Waals surface area contributed by atoms with Crippen LogP contribution in [0.3, 0.4) is 0 Å². The number of nitrogens with one attached hydrogen (secondary N) is 1. The van der Waals surface area contributed by atoms with Crippen LogP contribution in [0.5, 0.6) is 0 Å². The lowest BCUT2D eigenvalue weighted by Crippen LogP contribution is -2.19. The molecule has 0 aliphatic heterocycles. The van der Waals surface area contributed by atoms with Gasteiger partial charge in [0.25, 0.3) is 0 Å². The molecule has 1 rings (SSSR count). The number of hydrogen-bond acceptors (Lipinski definition) is 2. The summed E-state index contributed by atoms with van der Waals surface area (Å²) in [6.45, 7) is 0. The van der Waals surface area contributed by atoms with Crippen LogP contribution in [0.2, 0.25) is 0 Å². The number of aromatic nitrogens is 1. The maximum absolute atomic E-state index is 12.3. The minimum atomic E-state index is -1.02. The molecule has 0 unspecified atom stereocenters. The third-order valence-electron chi connectivity index (χ3n) is 1.03. The number of pyridine rings is 1. The highest BCUT2D eigenvalue weighted by atomic mass is 19.1. The molecule has 0 radical (unpaired) electrons. The Bertz CT molecular complexity index is 295. The molecule has 0 aliphatic carbocycles. The highest BCUT2D eigenvalue weighted by molar-refractivity contribution is 5.87. The number of nitrogens with zero attached hydrogens (tertiary/aromatic N) is 1. The predicted molar refractivity (Wildman–Crippen MR) is 37.4 cm³/mol. The highest BCUT2D eigenvalue weighted by Crippen LogP contribution is 2.08. The molecule has 6 heteroatoms. The number of primary amides is 1. The highest BCUT2D eigenvalue weighted by Gasteiger charge is 2.02. The van der Waals surface area contributed by atoms with Gasteiger partial charge < -0.3 is 11.1 Å². The Kier molecular flexibility index (Phi) is 2.18. The van der Waals surface area contributed by atoms with Gasteiger partial charge in [0.2, 0.25) is 11.9 Å². The van der Waals surface area contributed by atoms with Crippen molar-refractivity contribution >= 4 is 11.7 Å². The van der Waals surface area contributed by atoms with Crippen molar-refractivity contribution in [3.63, 3.8) is 0 Å². The lowest BCUT2D eigenvalue weighted by atomic mass is 10.4. The molecule has 0 aliphatic rings. The van der Waals surface area contributed by atoms with Crippen molar-refractivity contribution < 1.29 is 13.6 Å². The summed E-state index contributed by atoms with van der Waals surface area (Å²) in [5.74, 6) is -2.03. The van der Waals surface area contributed by atoms with E-state index >= 15 is 0 Å². The summed E-state index contributed by atoms with van der Waals surface area (Å²) >= 11 is 0. The first-order valence-corrected chi connectivity index (χ1v) is 2.97. The van der Waals surface area contributed by atoms with Crippen LogP contribution in [0.4, 0.5) is 19.3 Å². The fourth-order valence-electron chi connectivity index (χ4n) is 0.679. The number of rotatable bonds is 1. The molecule has 0 saturated heterocycles. The van der Waals surface area contributed by atoms with E-state index in [1.54, 1.807) is 0 Å². The van der Waals surface area contributed by atoms with Crippen molar-refractivity contribution in [2.24, 2.45) is 5.73 Å². The van der Waals surface area contributed by atoms with E-state index in [0.717, 1.165) is 12.1 Å². The zero-order valence-electron chi connectivity index (χ0n) is 5.84. The zero-order valence-corrected chi connectivity index (χ0v) is 5.84. The molecular formula is C6H5F2N3O. The van der Waals surface area contributed by atoms with E-state index in [1.165, 1.54) is 0 Å². The fourth-order valence-corrected chi connectivity index (χ4v) is 0.679. The van der Waals surface area contributed by atoms with E-state index in [1.807, 2.05) is 5.32 Å². The molecule has 64 valence electrons. The number of carbonyl (C=O) groups excluding carboxylic acids is 1. The maximum atomic E-state index is 12.3. The largest absolute Gasteiger partial charge is 0.351 e. The van der Waals surface area contributed by atoms with Gasteiger partial charge in [-0.25, -0.2) is 4.79 Å². The normalized spacial score (nSPS) is 9.50. The van der Waals surface area contributed by atoms with E-state index in [4.69, 9.17) is 5.73 Å². The average Bonchev–Trinajstić information content (AvgIpc) is 1.81. The first-order chi connectivity index (χ1) is 5.58. The molecule has 0 spiro atoms. The van der Waals surface area contributed by atoms with Crippen LogP contribution in [-0.2, 0) is 0 Å². The van der Waals surface area contributed by atoms with Gasteiger partial charge in [0.15, 0.2) is 0 Å². The zero-order chi connectivity index (χ0) is 9.14. The Balaban J connectivity index is 2.93. The van der Waals surface area contributed by atoms with Crippen LogP contribution < -0.4 is 11.1 Å². The van der Waals surface area contributed by atoms with Crippen molar-refractivity contribution in [3.8, 4) is 0 Å². The molecule has 0 saturated carbocycles. The average molecular weight is 173 g/mol. The molecule has 0 atom stereocenters. The maximum Gasteiger partial charge on any atom is 0.316 e. The summed E-state index contributed by atoms with van der Waals surface area (Å²) in [5, 5.41) is 2.01. The van der Waals surface area contributed by atoms with Gasteiger partial charge in [0, 0.05) is 12.1 Å². The van der Waals surface area contributed by atoms with Crippen LogP contribution >= 0.6 is 0 Å². The van der Waals surface area contributed by atoms with Gasteiger partial charge in [-0.3, -0.25) is 0 Å². The smallest absolute Gasteiger partial charge is 0.316 e. The van der Waals surface area contributed by atoms with Crippen LogP contribution in [0.1, 0.15) is 0 Å². The second kappa shape index (κ2) is 3.12. The third kappa shape index (κ3) is 2.15. The van der Waals surface area contributed by atoms with Gasteiger partial charge in [0.05, 0.1) is 5.69 Å². The summed E-state index contributed by atoms with van der Waals surface area (Å²) in [5.41, 5.74) is 4.65. The molecule has 0 bridgehead atoms. The molecule has 1 aromatic heterocycles. The predicted octanol–water partition coefficient (Wildman–Crippen LogP) is 0.850. The summed E-state index contributed by atoms with van der Waals surface area (Å²) in [7, 11) is 0. The first-order valence-electron chi connectivity index (χ1n) is 2.97. The van der Waals surface area contributed by atoms with Crippen molar-refractivity contribution in [1.29, 1.82) is 0 Å². The summed E-state index contributed by atoms with van der Waals surface area (Å²) < 4.78 is 24.7. The number of anilines is 1. The summed E-state index contributed by atoms with van der Waals surface area (Å²) in [4.78, 5) is 13.1. The Morgan fingerprint density at radius 1 is 1.42 bits per heavy atom. The van der Waals surface area contributed by atoms with Gasteiger partial charge >= 0.3 is 6.03 Å². The number of carbonyl (C=O) groups is 1. The Hall–Kier alpha value is -1.72. The SMILES string of the molecule is NC(=O)Nc1cc(F)nc(F)c1. The number of urea groups is 1. The summed E-state index contributed by atoms with van der Waals surface area (Å²) in [6.07, 6.45) is 0. The van der Waals surface area contributed by atoms with Crippen LogP contribution in [0.15, 0.2) is 12.1 Å². The first kappa shape index (κ1) is 8.38. The molecular weight excluding hydrogens is 168 g/mol. The topological polar surface area (TPSA) is 68.0 Å². The van der Waals surface area contributed by atoms with Crippen molar-refractivity contribution in [2.75, 3.05) is 5.32 Å².